The van der Waals surface area contributed by atoms with Crippen molar-refractivity contribution in [3.05, 3.63) is 509 Å². The second-order valence-electron chi connectivity index (χ2n) is 40.0. The van der Waals surface area contributed by atoms with E-state index < -0.39 is 16.1 Å². The predicted octanol–water partition coefficient (Wildman–Crippen LogP) is 36.6. The van der Waals surface area contributed by atoms with Gasteiger partial charge in [-0.1, -0.05) is 335 Å². The van der Waals surface area contributed by atoms with E-state index in [9.17, 15) is 5.26 Å². The van der Waals surface area contributed by atoms with Crippen molar-refractivity contribution in [2.75, 3.05) is 29.4 Å². The summed E-state index contributed by atoms with van der Waals surface area (Å²) in [6, 6.07) is 176. The molecule has 0 spiro atoms. The molecule has 0 N–H and O–H groups in total. The van der Waals surface area contributed by atoms with Crippen molar-refractivity contribution in [3.8, 4) is 6.07 Å². The fourth-order valence-corrected chi connectivity index (χ4v) is 24.2. The lowest BCUT2D eigenvalue weighted by atomic mass is 9.91. The summed E-state index contributed by atoms with van der Waals surface area (Å²) in [5, 5.41) is 38.9. The summed E-state index contributed by atoms with van der Waals surface area (Å²) in [5.74, 6) is 2.60. The minimum absolute atomic E-state index is 0.632. The molecule has 0 amide bonds. The summed E-state index contributed by atoms with van der Waals surface area (Å²) >= 11 is 0. The number of aromatic nitrogens is 4. The highest BCUT2D eigenvalue weighted by Gasteiger charge is 2.30. The summed E-state index contributed by atoms with van der Waals surface area (Å²) in [4.78, 5) is 33.6. The number of benzene rings is 23. The molecule has 0 saturated heterocycles. The van der Waals surface area contributed by atoms with Crippen molar-refractivity contribution in [2.45, 2.75) is 39.3 Å². The fourth-order valence-electron chi connectivity index (χ4n) is 21.9. The van der Waals surface area contributed by atoms with Crippen LogP contribution in [-0.4, -0.2) is 36.1 Å². The molecule has 11 nitrogen and oxygen atoms in total. The van der Waals surface area contributed by atoms with E-state index in [-0.39, 0.29) is 0 Å². The Labute approximate surface area is 862 Å². The van der Waals surface area contributed by atoms with E-state index >= 15 is 0 Å². The van der Waals surface area contributed by atoms with Gasteiger partial charge in [0.15, 0.2) is 0 Å². The van der Waals surface area contributed by atoms with Gasteiger partial charge in [-0.15, -0.1) is 0 Å². The van der Waals surface area contributed by atoms with Gasteiger partial charge in [-0.2, -0.15) is 5.26 Å². The van der Waals surface area contributed by atoms with Crippen molar-refractivity contribution < 1.29 is 0 Å². The molecular weight excluding hydrogens is 1830 g/mol. The van der Waals surface area contributed by atoms with E-state index in [1.165, 1.54) is 119 Å². The zero-order chi connectivity index (χ0) is 99.7. The van der Waals surface area contributed by atoms with E-state index in [1.54, 1.807) is 0 Å². The summed E-state index contributed by atoms with van der Waals surface area (Å²) in [7, 11) is -2.87. The zero-order valence-electron chi connectivity index (χ0n) is 82.8. The Balaban J connectivity index is 0.000000116. The first kappa shape index (κ1) is 90.6. The van der Waals surface area contributed by atoms with Crippen LogP contribution in [0.4, 0.5) is 103 Å². The van der Waals surface area contributed by atoms with Gasteiger partial charge in [-0.3, -0.25) is 19.7 Å². The molecule has 148 heavy (non-hydrogen) atoms. The number of anilines is 18. The van der Waals surface area contributed by atoms with E-state index in [0.717, 1.165) is 124 Å². The highest BCUT2D eigenvalue weighted by molar-refractivity contribution is 6.89. The Morgan fingerprint density at radius 3 is 0.791 bits per heavy atom. The molecule has 4 aromatic heterocycles. The lowest BCUT2D eigenvalue weighted by Crippen LogP contribution is -2.37. The quantitative estimate of drug-likeness (QED) is 0.0539. The van der Waals surface area contributed by atoms with Crippen LogP contribution in [-0.2, 0) is 0 Å². The Hall–Kier alpha value is -18.7. The molecule has 704 valence electrons. The first-order valence-corrected chi connectivity index (χ1v) is 57.5. The van der Waals surface area contributed by atoms with Crippen LogP contribution in [0, 0.1) is 11.3 Å². The van der Waals surface area contributed by atoms with Crippen LogP contribution in [0.15, 0.2) is 504 Å². The van der Waals surface area contributed by atoms with Crippen molar-refractivity contribution >= 4 is 259 Å². The van der Waals surface area contributed by atoms with Crippen molar-refractivity contribution in [2.24, 2.45) is 0 Å². The van der Waals surface area contributed by atoms with Gasteiger partial charge in [0.25, 0.3) is 0 Å². The number of rotatable bonds is 20. The number of pyridine rings is 4. The maximum Gasteiger partial charge on any atom is 0.138 e. The fraction of sp³-hybridized carbons (Fsp3) is 0.0444. The molecule has 0 aliphatic rings. The largest absolute Gasteiger partial charge is 0.310 e. The predicted molar refractivity (Wildman–Crippen MR) is 633 cm³/mol. The normalized spacial score (nSPS) is 11.7. The number of nitrogens with zero attached hydrogens (tertiary/aromatic N) is 11. The van der Waals surface area contributed by atoms with E-state index in [4.69, 9.17) is 19.9 Å². The van der Waals surface area contributed by atoms with Crippen molar-refractivity contribution in [3.63, 3.8) is 0 Å². The number of nitriles is 1. The maximum atomic E-state index is 9.52. The maximum absolute atomic E-state index is 9.52. The molecular formula is C135H101N11Si2. The molecule has 0 saturated carbocycles. The summed E-state index contributed by atoms with van der Waals surface area (Å²) in [6.07, 6.45) is 5.57. The summed E-state index contributed by atoms with van der Waals surface area (Å²) < 4.78 is 0. The second kappa shape index (κ2) is 37.9. The first-order chi connectivity index (χ1) is 72.7. The highest BCUT2D eigenvalue weighted by Crippen LogP contribution is 2.54. The lowest BCUT2D eigenvalue weighted by Gasteiger charge is -2.29. The molecule has 0 atom stereocenters. The second-order valence-corrected chi connectivity index (χ2v) is 50.2. The molecule has 4 heterocycles. The molecule has 0 aliphatic heterocycles. The van der Waals surface area contributed by atoms with Crippen LogP contribution in [0.5, 0.6) is 0 Å². The molecule has 23 aromatic carbocycles. The smallest absolute Gasteiger partial charge is 0.138 e. The topological polar surface area (TPSA) is 94.8 Å². The standard InChI is InChI=1S/C47H29N5.C46H37N3Si.C42H35N3Si/c48-30-31-13-22-38(23-14-31)51(36-9-3-1-4-10-36)41-26-19-32-18-25-40-42(27-20-33-17-24-39(41)44(32)45(33)40)52(37-11-5-2-6-12-37)43-28-21-35-16-15-34-8-7-29-49-46(34)47(35)50-43;1-50(2,3)39-24-22-37(23-25-39)48(36-13-5-4-6-14-36)42-28-19-33-18-27-41-43(29-20-34-17-26-40(42)45(33)46(34)41)49(44-15-9-10-30-47-44)38-21-16-32-11-7-8-12-35(32)31-38;1-46(2,3)35-23-21-34(22-24-35)44(32-12-6-4-7-13-32)38-27-19-30-18-26-37-39(28-20-31-17-25-36(38)41(30)42(31)37)45(33-14-8-5-9-15-33)40-16-10-11-29-43-40/h1-29H;4-31H,1-3H3;4-29H,1-3H3. The molecule has 27 rings (SSSR count). The summed E-state index contributed by atoms with van der Waals surface area (Å²) in [6.45, 7) is 14.4. The average molecular weight is 1930 g/mol. The van der Waals surface area contributed by atoms with Gasteiger partial charge in [0.05, 0.1) is 72.9 Å². The highest BCUT2D eigenvalue weighted by atomic mass is 28.3. The lowest BCUT2D eigenvalue weighted by molar-refractivity contribution is 1.19. The Morgan fingerprint density at radius 2 is 0.446 bits per heavy atom. The van der Waals surface area contributed by atoms with Gasteiger partial charge in [0.2, 0.25) is 0 Å². The van der Waals surface area contributed by atoms with Crippen LogP contribution in [0.1, 0.15) is 5.56 Å². The van der Waals surface area contributed by atoms with Crippen LogP contribution in [0.2, 0.25) is 39.3 Å². The van der Waals surface area contributed by atoms with Gasteiger partial charge in [-0.05, 0) is 276 Å². The third-order valence-corrected chi connectivity index (χ3v) is 33.1. The minimum Gasteiger partial charge on any atom is -0.310 e. The molecule has 27 aromatic rings. The Bertz CT molecular complexity index is 9600. The number of hydrogen-bond donors (Lipinski definition) is 0. The molecule has 0 unspecified atom stereocenters. The van der Waals surface area contributed by atoms with Gasteiger partial charge in [0, 0.05) is 113 Å². The third-order valence-electron chi connectivity index (χ3n) is 29.0. The van der Waals surface area contributed by atoms with Crippen LogP contribution < -0.4 is 39.8 Å². The SMILES string of the molecule is C[Si](C)(C)c1ccc(N(c2ccccc2)c2ccc3ccc4c(N(c5ccc6ccccc6c5)c5ccccn5)ccc5ccc2c3c54)cc1.C[Si](C)(C)c1ccc(N(c2ccccc2)c2ccc3ccc4c(N(c5ccccc5)c5ccccn5)ccc5ccc2c3c54)cc1.N#Cc1ccc(N(c2ccccc2)c2ccc3ccc4c(N(c5ccccc5)c5ccc6ccc7cccnc7c6n5)ccc5ccc2c3c54)cc1. The van der Waals surface area contributed by atoms with E-state index in [0.29, 0.717) is 5.56 Å². The van der Waals surface area contributed by atoms with Gasteiger partial charge < -0.3 is 14.7 Å². The molecule has 0 aliphatic carbocycles. The average Bonchev–Trinajstić information content (AvgIpc) is 0.724. The zero-order valence-corrected chi connectivity index (χ0v) is 84.8. The number of hydrogen-bond acceptors (Lipinski definition) is 11. The molecule has 0 radical (unpaired) electrons. The minimum atomic E-state index is -1.44. The van der Waals surface area contributed by atoms with Crippen LogP contribution in [0.25, 0.3) is 130 Å². The monoisotopic (exact) mass is 1930 g/mol. The van der Waals surface area contributed by atoms with Crippen LogP contribution >= 0.6 is 0 Å². The molecule has 0 bridgehead atoms. The van der Waals surface area contributed by atoms with Crippen molar-refractivity contribution in [1.82, 2.24) is 19.9 Å². The first-order valence-electron chi connectivity index (χ1n) is 50.5. The molecule has 13 heteroatoms. The Kier molecular flexibility index (Phi) is 23.2. The van der Waals surface area contributed by atoms with Gasteiger partial charge in [-0.25, -0.2) is 15.0 Å². The van der Waals surface area contributed by atoms with E-state index in [2.05, 4.69) is 505 Å². The van der Waals surface area contributed by atoms with Gasteiger partial charge in [0.1, 0.15) is 17.5 Å². The van der Waals surface area contributed by atoms with Crippen molar-refractivity contribution in [1.29, 1.82) is 5.26 Å². The van der Waals surface area contributed by atoms with Crippen LogP contribution in [0.3, 0.4) is 0 Å². The Morgan fingerprint density at radius 1 is 0.189 bits per heavy atom. The van der Waals surface area contributed by atoms with Gasteiger partial charge >= 0.3 is 0 Å². The number of fused-ring (bicyclic) bond motifs is 4. The number of para-hydroxylation sites is 5. The summed E-state index contributed by atoms with van der Waals surface area (Å²) in [5.41, 5.74) is 18.9. The van der Waals surface area contributed by atoms with E-state index in [1.807, 2.05) is 73.2 Å². The molecule has 0 fully saturated rings. The third kappa shape index (κ3) is 16.5.